The predicted molar refractivity (Wildman–Crippen MR) is 123 cm³/mol. The third-order valence-electron chi connectivity index (χ3n) is 5.90. The second kappa shape index (κ2) is 9.23. The van der Waals surface area contributed by atoms with Gasteiger partial charge in [0.25, 0.3) is 0 Å². The summed E-state index contributed by atoms with van der Waals surface area (Å²) in [5.41, 5.74) is 2.70. The van der Waals surface area contributed by atoms with Gasteiger partial charge in [0.15, 0.2) is 0 Å². The van der Waals surface area contributed by atoms with Crippen molar-refractivity contribution in [3.8, 4) is 5.75 Å². The highest BCUT2D eigenvalue weighted by Gasteiger charge is 2.34. The summed E-state index contributed by atoms with van der Waals surface area (Å²) in [6.07, 6.45) is 2.25. The lowest BCUT2D eigenvalue weighted by Crippen LogP contribution is -2.38. The molecule has 1 N–H and O–H groups in total. The summed E-state index contributed by atoms with van der Waals surface area (Å²) in [6.45, 7) is 7.19. The Kier molecular flexibility index (Phi) is 6.40. The third kappa shape index (κ3) is 5.23. The van der Waals surface area contributed by atoms with Crippen LogP contribution in [0, 0.1) is 5.92 Å². The number of ether oxygens (including phenoxy) is 2. The molecule has 0 spiro atoms. The average Bonchev–Trinajstić information content (AvgIpc) is 3.27. The summed E-state index contributed by atoms with van der Waals surface area (Å²) in [7, 11) is 0. The first-order valence-corrected chi connectivity index (χ1v) is 11.4. The van der Waals surface area contributed by atoms with Crippen LogP contribution >= 0.6 is 0 Å². The number of carbonyl (C=O) groups excluding carboxylic acids is 2. The summed E-state index contributed by atoms with van der Waals surface area (Å²) >= 11 is 0. The molecule has 0 bridgehead atoms. The van der Waals surface area contributed by atoms with Crippen molar-refractivity contribution in [1.29, 1.82) is 0 Å². The molecule has 0 aromatic heterocycles. The van der Waals surface area contributed by atoms with Crippen molar-refractivity contribution < 1.29 is 19.1 Å². The first kappa shape index (κ1) is 22.2. The Bertz CT molecular complexity index is 968. The Morgan fingerprint density at radius 1 is 1.12 bits per heavy atom. The number of nitrogens with zero attached hydrogens (tertiary/aromatic N) is 1. The van der Waals surface area contributed by atoms with E-state index in [1.165, 1.54) is 5.56 Å². The molecule has 6 heteroatoms. The largest absolute Gasteiger partial charge is 0.493 e. The minimum atomic E-state index is -0.550. The molecule has 2 aromatic rings. The number of hydrogen-bond donors (Lipinski definition) is 1. The van der Waals surface area contributed by atoms with Crippen LogP contribution < -0.4 is 10.1 Å². The van der Waals surface area contributed by atoms with E-state index in [1.807, 2.05) is 63.2 Å². The van der Waals surface area contributed by atoms with E-state index in [-0.39, 0.29) is 24.0 Å². The molecule has 1 fully saturated rings. The Labute approximate surface area is 189 Å². The van der Waals surface area contributed by atoms with Gasteiger partial charge in [-0.05, 0) is 68.9 Å². The number of nitrogens with one attached hydrogen (secondary N) is 1. The maximum Gasteiger partial charge on any atom is 0.410 e. The third-order valence-corrected chi connectivity index (χ3v) is 5.90. The van der Waals surface area contributed by atoms with E-state index in [0.29, 0.717) is 19.5 Å². The standard InChI is InChI=1S/C26H32N2O4/c1-26(2,3)32-25(30)28-14-13-21(17-28)24(29)27-23(18-8-5-4-6-9-18)20-11-12-22-19(16-20)10-7-15-31-22/h4-6,8-9,11-12,16,21,23H,7,10,13-15,17H2,1-3H3,(H,27,29). The molecule has 6 nitrogen and oxygen atoms in total. The average molecular weight is 437 g/mol. The smallest absolute Gasteiger partial charge is 0.410 e. The molecule has 2 aromatic carbocycles. The maximum absolute atomic E-state index is 13.2. The lowest BCUT2D eigenvalue weighted by atomic mass is 9.94. The van der Waals surface area contributed by atoms with Gasteiger partial charge in [0.2, 0.25) is 5.91 Å². The van der Waals surface area contributed by atoms with Crippen molar-refractivity contribution in [2.24, 2.45) is 5.92 Å². The van der Waals surface area contributed by atoms with Crippen molar-refractivity contribution >= 4 is 12.0 Å². The maximum atomic E-state index is 13.2. The summed E-state index contributed by atoms with van der Waals surface area (Å²) in [4.78, 5) is 27.2. The zero-order chi connectivity index (χ0) is 22.7. The van der Waals surface area contributed by atoms with Crippen LogP contribution in [0.25, 0.3) is 0 Å². The van der Waals surface area contributed by atoms with Crippen LogP contribution in [0.3, 0.4) is 0 Å². The second-order valence-corrected chi connectivity index (χ2v) is 9.58. The summed E-state index contributed by atoms with van der Waals surface area (Å²) < 4.78 is 11.2. The van der Waals surface area contributed by atoms with E-state index >= 15 is 0 Å². The van der Waals surface area contributed by atoms with Gasteiger partial charge in [0, 0.05) is 13.1 Å². The first-order chi connectivity index (χ1) is 15.3. The van der Waals surface area contributed by atoms with E-state index in [4.69, 9.17) is 9.47 Å². The van der Waals surface area contributed by atoms with Crippen LogP contribution in [-0.2, 0) is 16.0 Å². The molecule has 0 radical (unpaired) electrons. The van der Waals surface area contributed by atoms with Gasteiger partial charge >= 0.3 is 6.09 Å². The molecular formula is C26H32N2O4. The van der Waals surface area contributed by atoms with Crippen LogP contribution in [0.4, 0.5) is 4.79 Å². The normalized spacial score (nSPS) is 19.0. The van der Waals surface area contributed by atoms with E-state index in [0.717, 1.165) is 36.3 Å². The predicted octanol–water partition coefficient (Wildman–Crippen LogP) is 4.47. The Balaban J connectivity index is 1.50. The molecule has 2 aliphatic rings. The number of hydrogen-bond acceptors (Lipinski definition) is 4. The minimum Gasteiger partial charge on any atom is -0.493 e. The van der Waals surface area contributed by atoms with Crippen LogP contribution in [0.1, 0.15) is 56.3 Å². The van der Waals surface area contributed by atoms with Gasteiger partial charge in [0.1, 0.15) is 11.4 Å². The van der Waals surface area contributed by atoms with E-state index < -0.39 is 5.60 Å². The van der Waals surface area contributed by atoms with Gasteiger partial charge in [-0.1, -0.05) is 36.4 Å². The van der Waals surface area contributed by atoms with Crippen LogP contribution in [0.15, 0.2) is 48.5 Å². The van der Waals surface area contributed by atoms with Gasteiger partial charge in [-0.2, -0.15) is 0 Å². The van der Waals surface area contributed by atoms with Crippen LogP contribution in [-0.4, -0.2) is 42.2 Å². The summed E-state index contributed by atoms with van der Waals surface area (Å²) in [5.74, 6) is 0.635. The fourth-order valence-corrected chi connectivity index (χ4v) is 4.29. The van der Waals surface area contributed by atoms with Gasteiger partial charge in [0.05, 0.1) is 18.6 Å². The molecule has 1 saturated heterocycles. The highest BCUT2D eigenvalue weighted by Crippen LogP contribution is 2.31. The molecule has 0 aliphatic carbocycles. The van der Waals surface area contributed by atoms with Crippen molar-refractivity contribution in [2.75, 3.05) is 19.7 Å². The van der Waals surface area contributed by atoms with Crippen LogP contribution in [0.2, 0.25) is 0 Å². The van der Waals surface area contributed by atoms with Gasteiger partial charge in [-0.25, -0.2) is 4.79 Å². The van der Waals surface area contributed by atoms with Crippen LogP contribution in [0.5, 0.6) is 5.75 Å². The topological polar surface area (TPSA) is 67.9 Å². The molecule has 4 rings (SSSR count). The molecule has 2 atom stereocenters. The number of carbonyl (C=O) groups is 2. The minimum absolute atomic E-state index is 0.0427. The Morgan fingerprint density at radius 2 is 1.91 bits per heavy atom. The fourth-order valence-electron chi connectivity index (χ4n) is 4.29. The molecular weight excluding hydrogens is 404 g/mol. The van der Waals surface area contributed by atoms with E-state index in [2.05, 4.69) is 11.4 Å². The Morgan fingerprint density at radius 3 is 2.66 bits per heavy atom. The highest BCUT2D eigenvalue weighted by atomic mass is 16.6. The molecule has 32 heavy (non-hydrogen) atoms. The quantitative estimate of drug-likeness (QED) is 0.768. The number of amides is 2. The summed E-state index contributed by atoms with van der Waals surface area (Å²) in [5, 5.41) is 3.25. The number of benzene rings is 2. The molecule has 0 saturated carbocycles. The monoisotopic (exact) mass is 436 g/mol. The van der Waals surface area contributed by atoms with Crippen molar-refractivity contribution in [3.05, 3.63) is 65.2 Å². The van der Waals surface area contributed by atoms with E-state index in [9.17, 15) is 9.59 Å². The van der Waals surface area contributed by atoms with Crippen molar-refractivity contribution in [1.82, 2.24) is 10.2 Å². The number of likely N-dealkylation sites (tertiary alicyclic amines) is 1. The van der Waals surface area contributed by atoms with Gasteiger partial charge in [-0.3, -0.25) is 4.79 Å². The molecule has 170 valence electrons. The summed E-state index contributed by atoms with van der Waals surface area (Å²) in [6, 6.07) is 15.9. The first-order valence-electron chi connectivity index (χ1n) is 11.4. The highest BCUT2D eigenvalue weighted by molar-refractivity contribution is 5.81. The van der Waals surface area contributed by atoms with E-state index in [1.54, 1.807) is 4.90 Å². The number of aryl methyl sites for hydroxylation is 1. The number of fused-ring (bicyclic) bond motifs is 1. The fraction of sp³-hybridized carbons (Fsp3) is 0.462. The lowest BCUT2D eigenvalue weighted by molar-refractivity contribution is -0.125. The molecule has 2 amide bonds. The zero-order valence-electron chi connectivity index (χ0n) is 19.1. The van der Waals surface area contributed by atoms with Crippen molar-refractivity contribution in [3.63, 3.8) is 0 Å². The lowest BCUT2D eigenvalue weighted by Gasteiger charge is -2.25. The zero-order valence-corrected chi connectivity index (χ0v) is 19.1. The van der Waals surface area contributed by atoms with Gasteiger partial charge in [-0.15, -0.1) is 0 Å². The van der Waals surface area contributed by atoms with Crippen molar-refractivity contribution in [2.45, 2.75) is 51.7 Å². The number of rotatable bonds is 4. The second-order valence-electron chi connectivity index (χ2n) is 9.58. The van der Waals surface area contributed by atoms with Gasteiger partial charge < -0.3 is 19.7 Å². The SMILES string of the molecule is CC(C)(C)OC(=O)N1CCC(C(=O)NC(c2ccccc2)c2ccc3c(c2)CCCO3)C1. The molecule has 2 unspecified atom stereocenters. The Hall–Kier alpha value is -3.02. The molecule has 2 aliphatic heterocycles. The molecule has 2 heterocycles.